The van der Waals surface area contributed by atoms with Crippen molar-refractivity contribution in [1.29, 1.82) is 0 Å². The average Bonchev–Trinajstić information content (AvgIpc) is 2.03. The van der Waals surface area contributed by atoms with Crippen LogP contribution in [0, 0.1) is 0 Å². The molecule has 0 aromatic heterocycles. The average molecular weight is 194 g/mol. The van der Waals surface area contributed by atoms with Gasteiger partial charge in [-0.05, 0) is 0 Å². The standard InChI is InChI=1S/C9H9BO2.2H2O/c1-7(11)12-6-8-2-4-9(10)5-3-8;;/h2-5H,6H2,1H3;2*1H2/q+2;;/p-2. The minimum absolute atomic E-state index is 0. The van der Waals surface area contributed by atoms with Crippen LogP contribution in [0.4, 0.5) is 0 Å². The molecule has 0 fully saturated rings. The first-order valence-corrected chi connectivity index (χ1v) is 3.66. The first kappa shape index (κ1) is 15.2. The number of hydrogen-bond donors (Lipinski definition) is 0. The molecule has 0 atom stereocenters. The second-order valence-corrected chi connectivity index (χ2v) is 2.52. The van der Waals surface area contributed by atoms with Gasteiger partial charge in [-0.1, -0.05) is 0 Å². The zero-order chi connectivity index (χ0) is 8.97. The Kier molecular flexibility index (Phi) is 7.70. The third-order valence-corrected chi connectivity index (χ3v) is 1.42. The molecular weight excluding hydrogens is 183 g/mol. The molecule has 1 aromatic carbocycles. The monoisotopic (exact) mass is 194 g/mol. The number of esters is 1. The van der Waals surface area contributed by atoms with E-state index in [-0.39, 0.29) is 16.9 Å². The molecule has 1 aromatic rings. The molecule has 2 N–H and O–H groups in total. The largest absolute Gasteiger partial charge is 0.870 e. The maximum absolute atomic E-state index is 10.4. The van der Waals surface area contributed by atoms with E-state index >= 15 is 0 Å². The predicted molar refractivity (Wildman–Crippen MR) is 51.2 cm³/mol. The molecule has 0 heterocycles. The molecule has 0 unspecified atom stereocenters. The number of rotatable bonds is 2. The first-order chi connectivity index (χ1) is 5.68. The molecule has 14 heavy (non-hydrogen) atoms. The van der Waals surface area contributed by atoms with E-state index in [1.54, 1.807) is 12.1 Å². The van der Waals surface area contributed by atoms with Crippen molar-refractivity contribution in [2.75, 3.05) is 0 Å². The Labute approximate surface area is 83.9 Å². The molecule has 0 aliphatic carbocycles. The zero-order valence-electron chi connectivity index (χ0n) is 7.80. The maximum Gasteiger partial charge on any atom is -0.870 e. The fourth-order valence-electron chi connectivity index (χ4n) is 0.799. The molecule has 0 bridgehead atoms. The van der Waals surface area contributed by atoms with Crippen LogP contribution < -0.4 is 5.46 Å². The third kappa shape index (κ3) is 5.34. The number of benzene rings is 1. The quantitative estimate of drug-likeness (QED) is 0.496. The molecule has 1 rings (SSSR count). The number of ether oxygens (including phenoxy) is 1. The Balaban J connectivity index is 0. The van der Waals surface area contributed by atoms with E-state index in [0.29, 0.717) is 12.1 Å². The van der Waals surface area contributed by atoms with Crippen molar-refractivity contribution in [3.05, 3.63) is 29.8 Å². The van der Waals surface area contributed by atoms with Crippen molar-refractivity contribution in [1.82, 2.24) is 0 Å². The molecule has 0 aliphatic rings. The van der Waals surface area contributed by atoms with Crippen molar-refractivity contribution >= 4 is 19.3 Å². The SMILES string of the molecule is [B+2]c1ccc(COC(C)=O)cc1.[OH-].[OH-]. The van der Waals surface area contributed by atoms with Crippen molar-refractivity contribution in [3.8, 4) is 0 Å². The fraction of sp³-hybridized carbons (Fsp3) is 0.222. The summed E-state index contributed by atoms with van der Waals surface area (Å²) in [6.07, 6.45) is 0. The van der Waals surface area contributed by atoms with E-state index < -0.39 is 0 Å². The molecular formula is C9H11BO4. The van der Waals surface area contributed by atoms with Crippen LogP contribution in [0.1, 0.15) is 12.5 Å². The van der Waals surface area contributed by atoms with Crippen LogP contribution in [0.2, 0.25) is 0 Å². The Morgan fingerprint density at radius 3 is 2.21 bits per heavy atom. The van der Waals surface area contributed by atoms with Crippen molar-refractivity contribution in [2.45, 2.75) is 13.5 Å². The van der Waals surface area contributed by atoms with E-state index in [2.05, 4.69) is 0 Å². The van der Waals surface area contributed by atoms with Crippen LogP contribution in [-0.2, 0) is 16.1 Å². The minimum atomic E-state index is -0.271. The molecule has 5 heteroatoms. The maximum atomic E-state index is 10.4. The van der Waals surface area contributed by atoms with E-state index in [9.17, 15) is 4.79 Å². The predicted octanol–water partition coefficient (Wildman–Crippen LogP) is 0.190. The van der Waals surface area contributed by atoms with Gasteiger partial charge in [-0.2, -0.15) is 0 Å². The second-order valence-electron chi connectivity index (χ2n) is 2.52. The van der Waals surface area contributed by atoms with Gasteiger partial charge in [0, 0.05) is 0 Å². The normalized spacial score (nSPS) is 8.21. The fourth-order valence-corrected chi connectivity index (χ4v) is 0.799. The summed E-state index contributed by atoms with van der Waals surface area (Å²) in [6, 6.07) is 7.22. The molecule has 0 radical (unpaired) electrons. The van der Waals surface area contributed by atoms with E-state index in [4.69, 9.17) is 12.6 Å². The van der Waals surface area contributed by atoms with Gasteiger partial charge in [0.25, 0.3) is 0 Å². The van der Waals surface area contributed by atoms with Crippen LogP contribution in [-0.4, -0.2) is 24.8 Å². The van der Waals surface area contributed by atoms with Crippen molar-refractivity contribution < 1.29 is 20.5 Å². The second kappa shape index (κ2) is 7.11. The van der Waals surface area contributed by atoms with Crippen molar-refractivity contribution in [2.24, 2.45) is 0 Å². The van der Waals surface area contributed by atoms with Gasteiger partial charge in [0.05, 0.1) is 0 Å². The van der Waals surface area contributed by atoms with Crippen LogP contribution in [0.3, 0.4) is 0 Å². The first-order valence-electron chi connectivity index (χ1n) is 3.66. The number of hydrogen-bond acceptors (Lipinski definition) is 4. The topological polar surface area (TPSA) is 86.3 Å². The van der Waals surface area contributed by atoms with E-state index in [1.807, 2.05) is 12.1 Å². The number of carbonyl (C=O) groups excluding carboxylic acids is 1. The summed E-state index contributed by atoms with van der Waals surface area (Å²) in [5.41, 5.74) is 1.65. The van der Waals surface area contributed by atoms with Crippen LogP contribution >= 0.6 is 0 Å². The Morgan fingerprint density at radius 1 is 1.29 bits per heavy atom. The number of carbonyl (C=O) groups is 1. The molecule has 0 saturated heterocycles. The minimum Gasteiger partial charge on any atom is -0.870 e. The molecule has 0 spiro atoms. The smallest absolute Gasteiger partial charge is 0.870 e. The van der Waals surface area contributed by atoms with Crippen LogP contribution in [0.5, 0.6) is 0 Å². The van der Waals surface area contributed by atoms with Gasteiger partial charge >= 0.3 is 72.2 Å². The van der Waals surface area contributed by atoms with Gasteiger partial charge in [-0.15, -0.1) is 0 Å². The van der Waals surface area contributed by atoms with Crippen LogP contribution in [0.15, 0.2) is 24.3 Å². The molecule has 74 valence electrons. The van der Waals surface area contributed by atoms with Gasteiger partial charge in [0.1, 0.15) is 0 Å². The summed E-state index contributed by atoms with van der Waals surface area (Å²) in [6.45, 7) is 1.70. The summed E-state index contributed by atoms with van der Waals surface area (Å²) in [4.78, 5) is 10.4. The summed E-state index contributed by atoms with van der Waals surface area (Å²) in [5.74, 6) is -0.271. The van der Waals surface area contributed by atoms with Gasteiger partial charge < -0.3 is 11.0 Å². The van der Waals surface area contributed by atoms with Crippen LogP contribution in [0.25, 0.3) is 0 Å². The third-order valence-electron chi connectivity index (χ3n) is 1.42. The zero-order valence-corrected chi connectivity index (χ0v) is 7.80. The van der Waals surface area contributed by atoms with Gasteiger partial charge in [-0.25, -0.2) is 0 Å². The summed E-state index contributed by atoms with van der Waals surface area (Å²) < 4.78 is 4.79. The Hall–Kier alpha value is -1.33. The summed E-state index contributed by atoms with van der Waals surface area (Å²) >= 11 is 0. The molecule has 0 saturated carbocycles. The van der Waals surface area contributed by atoms with E-state index in [1.165, 1.54) is 6.92 Å². The summed E-state index contributed by atoms with van der Waals surface area (Å²) in [5, 5.41) is 0. The Morgan fingerprint density at radius 2 is 1.79 bits per heavy atom. The molecule has 0 aliphatic heterocycles. The Bertz CT molecular complexity index is 271. The van der Waals surface area contributed by atoms with Crippen molar-refractivity contribution in [3.63, 3.8) is 0 Å². The van der Waals surface area contributed by atoms with Gasteiger partial charge in [0.2, 0.25) is 0 Å². The van der Waals surface area contributed by atoms with E-state index in [0.717, 1.165) is 5.56 Å². The molecule has 0 amide bonds. The van der Waals surface area contributed by atoms with Gasteiger partial charge in [0.15, 0.2) is 0 Å². The van der Waals surface area contributed by atoms with Gasteiger partial charge in [-0.3, -0.25) is 0 Å². The molecule has 4 nitrogen and oxygen atoms in total. The summed E-state index contributed by atoms with van der Waals surface area (Å²) in [7, 11) is 5.47.